The average molecular weight is 481 g/mol. The Hall–Kier alpha value is -2.81. The summed E-state index contributed by atoms with van der Waals surface area (Å²) in [5.74, 6) is 0.461. The molecule has 188 valence electrons. The van der Waals surface area contributed by atoms with Gasteiger partial charge in [-0.1, -0.05) is 51.7 Å². The number of benzene rings is 1. The third kappa shape index (κ3) is 9.21. The van der Waals surface area contributed by atoms with Gasteiger partial charge in [-0.2, -0.15) is 0 Å². The van der Waals surface area contributed by atoms with Crippen molar-refractivity contribution in [2.75, 3.05) is 5.32 Å². The lowest BCUT2D eigenvalue weighted by atomic mass is 9.95. The van der Waals surface area contributed by atoms with E-state index in [-0.39, 0.29) is 11.9 Å². The molecular formula is C25H35F3N4O2. The number of nitrogens with zero attached hydrogens (tertiary/aromatic N) is 3. The van der Waals surface area contributed by atoms with Gasteiger partial charge in [-0.25, -0.2) is 9.50 Å². The van der Waals surface area contributed by atoms with Crippen LogP contribution in [0.25, 0.3) is 16.9 Å². The fourth-order valence-corrected chi connectivity index (χ4v) is 3.46. The van der Waals surface area contributed by atoms with Gasteiger partial charge in [0, 0.05) is 17.7 Å². The van der Waals surface area contributed by atoms with Crippen LogP contribution in [-0.2, 0) is 0 Å². The summed E-state index contributed by atoms with van der Waals surface area (Å²) >= 11 is 0. The number of anilines is 1. The Balaban J connectivity index is 0.000000519. The lowest BCUT2D eigenvalue weighted by molar-refractivity contribution is -0.274. The molecule has 1 aliphatic carbocycles. The Labute approximate surface area is 199 Å². The van der Waals surface area contributed by atoms with E-state index in [0.29, 0.717) is 22.9 Å². The van der Waals surface area contributed by atoms with Crippen molar-refractivity contribution in [2.24, 2.45) is 0 Å². The van der Waals surface area contributed by atoms with Crippen LogP contribution in [0.1, 0.15) is 66.2 Å². The van der Waals surface area contributed by atoms with Gasteiger partial charge in [0.1, 0.15) is 11.6 Å². The Morgan fingerprint density at radius 1 is 1.12 bits per heavy atom. The van der Waals surface area contributed by atoms with Gasteiger partial charge in [-0.3, -0.25) is 0 Å². The van der Waals surface area contributed by atoms with Crippen LogP contribution in [0.5, 0.6) is 5.75 Å². The molecule has 34 heavy (non-hydrogen) atoms. The number of imidazole rings is 1. The van der Waals surface area contributed by atoms with E-state index in [1.54, 1.807) is 30.6 Å². The molecule has 2 N–H and O–H groups in total. The minimum absolute atomic E-state index is 0.167. The number of hydrogen-bond acceptors (Lipinski definition) is 5. The van der Waals surface area contributed by atoms with Crippen molar-refractivity contribution in [3.05, 3.63) is 42.6 Å². The standard InChI is InChI=1S/C19H19F3N4O.C3H8O.C3H8/c20-19(21,22)27-15-8-4-5-13(11-15)16-12-23-18-10-9-17(25-26(16)18)24-14-6-2-1-3-7-14;1-3(2)4;1-3-2/h4-5,8-12,14H,1-3,6-7H2,(H,24,25);3-4H,1-2H3;3H2,1-2H3. The predicted molar refractivity (Wildman–Crippen MR) is 129 cm³/mol. The summed E-state index contributed by atoms with van der Waals surface area (Å²) in [5, 5.41) is 16.1. The molecule has 0 radical (unpaired) electrons. The zero-order valence-corrected chi connectivity index (χ0v) is 20.3. The highest BCUT2D eigenvalue weighted by molar-refractivity contribution is 5.65. The van der Waals surface area contributed by atoms with E-state index in [9.17, 15) is 13.2 Å². The Morgan fingerprint density at radius 3 is 2.38 bits per heavy atom. The normalized spacial score (nSPS) is 14.1. The average Bonchev–Trinajstić information content (AvgIpc) is 3.17. The van der Waals surface area contributed by atoms with Crippen LogP contribution in [-0.4, -0.2) is 38.2 Å². The first-order chi connectivity index (χ1) is 16.1. The lowest BCUT2D eigenvalue weighted by Gasteiger charge is -2.23. The quantitative estimate of drug-likeness (QED) is 0.428. The zero-order chi connectivity index (χ0) is 25.1. The molecule has 9 heteroatoms. The Bertz CT molecular complexity index is 996. The number of aliphatic hydroxyl groups excluding tert-OH is 1. The fraction of sp³-hybridized carbons (Fsp3) is 0.520. The Morgan fingerprint density at radius 2 is 1.76 bits per heavy atom. The predicted octanol–water partition coefficient (Wildman–Crippen LogP) is 6.84. The van der Waals surface area contributed by atoms with E-state index in [4.69, 9.17) is 5.11 Å². The van der Waals surface area contributed by atoms with Gasteiger partial charge in [0.2, 0.25) is 0 Å². The lowest BCUT2D eigenvalue weighted by Crippen LogP contribution is -2.23. The van der Waals surface area contributed by atoms with Crippen molar-refractivity contribution in [3.8, 4) is 17.0 Å². The first kappa shape index (κ1) is 27.4. The summed E-state index contributed by atoms with van der Waals surface area (Å²) in [6.07, 6.45) is 3.88. The van der Waals surface area contributed by atoms with E-state index < -0.39 is 6.36 Å². The van der Waals surface area contributed by atoms with Crippen molar-refractivity contribution in [1.82, 2.24) is 14.6 Å². The SMILES string of the molecule is CC(C)O.CCC.FC(F)(F)Oc1cccc(-c2cnc3ccc(NC4CCCCC4)nn23)c1. The molecule has 0 aliphatic heterocycles. The molecule has 0 unspecified atom stereocenters. The molecule has 0 amide bonds. The number of halogens is 3. The molecule has 0 spiro atoms. The van der Waals surface area contributed by atoms with E-state index in [1.165, 1.54) is 43.9 Å². The maximum Gasteiger partial charge on any atom is 0.573 e. The molecule has 1 aliphatic rings. The largest absolute Gasteiger partial charge is 0.573 e. The smallest absolute Gasteiger partial charge is 0.406 e. The highest BCUT2D eigenvalue weighted by Gasteiger charge is 2.31. The van der Waals surface area contributed by atoms with Crippen molar-refractivity contribution < 1.29 is 23.0 Å². The molecule has 0 saturated heterocycles. The summed E-state index contributed by atoms with van der Waals surface area (Å²) < 4.78 is 43.1. The molecular weight excluding hydrogens is 445 g/mol. The number of aliphatic hydroxyl groups is 1. The van der Waals surface area contributed by atoms with E-state index in [1.807, 2.05) is 12.1 Å². The van der Waals surface area contributed by atoms with E-state index in [2.05, 4.69) is 34.0 Å². The first-order valence-electron chi connectivity index (χ1n) is 11.8. The highest BCUT2D eigenvalue weighted by Crippen LogP contribution is 2.28. The van der Waals surface area contributed by atoms with Gasteiger partial charge < -0.3 is 15.2 Å². The number of rotatable bonds is 4. The molecule has 1 aromatic carbocycles. The molecule has 2 heterocycles. The maximum atomic E-state index is 12.5. The Kier molecular flexibility index (Phi) is 10.6. The van der Waals surface area contributed by atoms with Gasteiger partial charge in [0.15, 0.2) is 5.65 Å². The van der Waals surface area contributed by atoms with Crippen molar-refractivity contribution in [1.29, 1.82) is 0 Å². The topological polar surface area (TPSA) is 71.7 Å². The number of fused-ring (bicyclic) bond motifs is 1. The van der Waals surface area contributed by atoms with Crippen molar-refractivity contribution in [3.63, 3.8) is 0 Å². The summed E-state index contributed by atoms with van der Waals surface area (Å²) in [6.45, 7) is 7.69. The first-order valence-corrected chi connectivity index (χ1v) is 11.8. The second kappa shape index (κ2) is 13.2. The highest BCUT2D eigenvalue weighted by atomic mass is 19.4. The maximum absolute atomic E-state index is 12.5. The van der Waals surface area contributed by atoms with Crippen LogP contribution in [0.3, 0.4) is 0 Å². The fourth-order valence-electron chi connectivity index (χ4n) is 3.46. The monoisotopic (exact) mass is 480 g/mol. The summed E-state index contributed by atoms with van der Waals surface area (Å²) in [6, 6.07) is 9.94. The van der Waals surface area contributed by atoms with Gasteiger partial charge in [0.25, 0.3) is 0 Å². The molecule has 0 atom stereocenters. The number of nitrogens with one attached hydrogen (secondary N) is 1. The molecule has 4 rings (SSSR count). The van der Waals surface area contributed by atoms with E-state index in [0.717, 1.165) is 18.7 Å². The molecule has 1 saturated carbocycles. The minimum atomic E-state index is -4.73. The van der Waals surface area contributed by atoms with Crippen LogP contribution in [0.2, 0.25) is 0 Å². The summed E-state index contributed by atoms with van der Waals surface area (Å²) in [4.78, 5) is 4.30. The third-order valence-corrected chi connectivity index (χ3v) is 4.68. The van der Waals surface area contributed by atoms with Crippen LogP contribution < -0.4 is 10.1 Å². The molecule has 3 aromatic rings. The van der Waals surface area contributed by atoms with Gasteiger partial charge in [-0.05, 0) is 51.0 Å². The number of alkyl halides is 3. The summed E-state index contributed by atoms with van der Waals surface area (Å²) in [7, 11) is 0. The molecule has 0 bridgehead atoms. The minimum Gasteiger partial charge on any atom is -0.406 e. The zero-order valence-electron chi connectivity index (χ0n) is 20.3. The van der Waals surface area contributed by atoms with Gasteiger partial charge in [0.05, 0.1) is 11.9 Å². The number of aromatic nitrogens is 3. The second-order valence-corrected chi connectivity index (χ2v) is 8.49. The van der Waals surface area contributed by atoms with Gasteiger partial charge >= 0.3 is 6.36 Å². The number of ether oxygens (including phenoxy) is 1. The van der Waals surface area contributed by atoms with Gasteiger partial charge in [-0.15, -0.1) is 18.3 Å². The van der Waals surface area contributed by atoms with Crippen molar-refractivity contribution >= 4 is 11.5 Å². The van der Waals surface area contributed by atoms with Crippen LogP contribution >= 0.6 is 0 Å². The van der Waals surface area contributed by atoms with Crippen LogP contribution in [0.15, 0.2) is 42.6 Å². The van der Waals surface area contributed by atoms with Crippen LogP contribution in [0.4, 0.5) is 19.0 Å². The van der Waals surface area contributed by atoms with E-state index >= 15 is 0 Å². The molecule has 2 aromatic heterocycles. The summed E-state index contributed by atoms with van der Waals surface area (Å²) in [5.41, 5.74) is 1.78. The number of hydrogen-bond donors (Lipinski definition) is 2. The molecule has 1 fully saturated rings. The van der Waals surface area contributed by atoms with Crippen molar-refractivity contribution in [2.45, 2.75) is 84.7 Å². The third-order valence-electron chi connectivity index (χ3n) is 4.68. The van der Waals surface area contributed by atoms with Crippen LogP contribution in [0, 0.1) is 0 Å². The molecule has 6 nitrogen and oxygen atoms in total. The second-order valence-electron chi connectivity index (χ2n) is 8.49.